The topological polar surface area (TPSA) is 57.4 Å². The highest BCUT2D eigenvalue weighted by atomic mass is 35.5. The molecule has 0 spiro atoms. The molecule has 0 bridgehead atoms. The van der Waals surface area contributed by atoms with Crippen molar-refractivity contribution in [3.05, 3.63) is 47.1 Å². The molecule has 2 rings (SSSR count). The molecule has 0 atom stereocenters. The molecular formula is C14H15ClN2O2. The molecule has 2 N–H and O–H groups in total. The third-order valence-corrected chi connectivity index (χ3v) is 2.68. The minimum atomic E-state index is 0.458. The molecule has 5 heteroatoms. The van der Waals surface area contributed by atoms with Crippen molar-refractivity contribution in [3.8, 4) is 17.4 Å². The molecule has 2 aromatic rings. The number of ether oxygens (including phenoxy) is 2. The Morgan fingerprint density at radius 1 is 1.21 bits per heavy atom. The van der Waals surface area contributed by atoms with Gasteiger partial charge >= 0.3 is 0 Å². The van der Waals surface area contributed by atoms with Crippen molar-refractivity contribution in [1.29, 1.82) is 0 Å². The highest BCUT2D eigenvalue weighted by Crippen LogP contribution is 2.32. The van der Waals surface area contributed by atoms with Gasteiger partial charge in [-0.2, -0.15) is 0 Å². The van der Waals surface area contributed by atoms with E-state index in [4.69, 9.17) is 26.8 Å². The second-order valence-corrected chi connectivity index (χ2v) is 4.27. The summed E-state index contributed by atoms with van der Waals surface area (Å²) in [6.07, 6.45) is 1.53. The monoisotopic (exact) mass is 278 g/mol. The number of nitrogens with two attached hydrogens (primary N) is 1. The molecule has 0 unspecified atom stereocenters. The smallest absolute Gasteiger partial charge is 0.219 e. The lowest BCUT2D eigenvalue weighted by Gasteiger charge is -2.12. The highest BCUT2D eigenvalue weighted by Gasteiger charge is 2.08. The fourth-order valence-corrected chi connectivity index (χ4v) is 1.68. The van der Waals surface area contributed by atoms with Gasteiger partial charge in [-0.1, -0.05) is 17.7 Å². The zero-order valence-corrected chi connectivity index (χ0v) is 11.4. The Labute approximate surface area is 117 Å². The molecule has 1 aromatic carbocycles. The minimum absolute atomic E-state index is 0.458. The molecule has 0 saturated carbocycles. The normalized spacial score (nSPS) is 10.3. The van der Waals surface area contributed by atoms with Gasteiger partial charge in [0.25, 0.3) is 0 Å². The number of hydrogen-bond acceptors (Lipinski definition) is 4. The molecule has 0 fully saturated rings. The van der Waals surface area contributed by atoms with Crippen LogP contribution in [0.25, 0.3) is 0 Å². The Morgan fingerprint density at radius 3 is 2.68 bits per heavy atom. The molecule has 0 amide bonds. The average molecular weight is 279 g/mol. The number of benzene rings is 1. The Bertz CT molecular complexity index is 544. The average Bonchev–Trinajstić information content (AvgIpc) is 2.43. The minimum Gasteiger partial charge on any atom is -0.490 e. The number of aromatic nitrogens is 1. The summed E-state index contributed by atoms with van der Waals surface area (Å²) in [6.45, 7) is 2.93. The van der Waals surface area contributed by atoms with E-state index in [1.54, 1.807) is 12.1 Å². The van der Waals surface area contributed by atoms with Gasteiger partial charge in [-0.15, -0.1) is 0 Å². The predicted molar refractivity (Wildman–Crippen MR) is 74.8 cm³/mol. The second-order valence-electron chi connectivity index (χ2n) is 3.83. The first-order valence-electron chi connectivity index (χ1n) is 5.98. The third-order valence-electron chi connectivity index (χ3n) is 2.46. The Hall–Kier alpha value is -1.78. The van der Waals surface area contributed by atoms with Gasteiger partial charge in [-0.05, 0) is 30.7 Å². The first-order chi connectivity index (χ1) is 9.22. The van der Waals surface area contributed by atoms with Gasteiger partial charge in [0.2, 0.25) is 5.88 Å². The number of halogens is 1. The summed E-state index contributed by atoms with van der Waals surface area (Å²) in [7, 11) is 0. The molecule has 0 aliphatic heterocycles. The van der Waals surface area contributed by atoms with E-state index in [1.807, 2.05) is 25.1 Å². The molecule has 4 nitrogen and oxygen atoms in total. The van der Waals surface area contributed by atoms with Crippen LogP contribution >= 0.6 is 11.6 Å². The van der Waals surface area contributed by atoms with Gasteiger partial charge in [0.05, 0.1) is 11.6 Å². The van der Waals surface area contributed by atoms with Gasteiger partial charge in [-0.25, -0.2) is 4.98 Å². The van der Waals surface area contributed by atoms with E-state index < -0.39 is 0 Å². The first-order valence-corrected chi connectivity index (χ1v) is 6.36. The molecule has 100 valence electrons. The Balaban J connectivity index is 2.25. The van der Waals surface area contributed by atoms with E-state index in [2.05, 4.69) is 4.98 Å². The molecule has 1 aromatic heterocycles. The van der Waals surface area contributed by atoms with Gasteiger partial charge in [0.15, 0.2) is 11.5 Å². The number of pyridine rings is 1. The van der Waals surface area contributed by atoms with Crippen LogP contribution in [-0.4, -0.2) is 11.6 Å². The molecule has 19 heavy (non-hydrogen) atoms. The van der Waals surface area contributed by atoms with E-state index in [0.717, 1.165) is 5.56 Å². The fourth-order valence-electron chi connectivity index (χ4n) is 1.57. The molecule has 0 aliphatic rings. The lowest BCUT2D eigenvalue weighted by molar-refractivity contribution is 0.319. The van der Waals surface area contributed by atoms with Gasteiger partial charge in [-0.3, -0.25) is 0 Å². The summed E-state index contributed by atoms with van der Waals surface area (Å²) in [6, 6.07) is 9.01. The van der Waals surface area contributed by atoms with E-state index in [9.17, 15) is 0 Å². The maximum atomic E-state index is 5.78. The van der Waals surface area contributed by atoms with Crippen LogP contribution < -0.4 is 15.2 Å². The van der Waals surface area contributed by atoms with Crippen LogP contribution in [0.3, 0.4) is 0 Å². The lowest BCUT2D eigenvalue weighted by atomic mass is 10.2. The SMILES string of the molecule is CCOc1cc(CN)ccc1Oc1ccc(Cl)cn1. The van der Waals surface area contributed by atoms with Crippen molar-refractivity contribution in [1.82, 2.24) is 4.98 Å². The maximum absolute atomic E-state index is 5.78. The third kappa shape index (κ3) is 3.59. The van der Waals surface area contributed by atoms with Crippen LogP contribution in [0.4, 0.5) is 0 Å². The quantitative estimate of drug-likeness (QED) is 0.911. The fraction of sp³-hybridized carbons (Fsp3) is 0.214. The highest BCUT2D eigenvalue weighted by molar-refractivity contribution is 6.30. The molecule has 1 heterocycles. The summed E-state index contributed by atoms with van der Waals surface area (Å²) in [5.41, 5.74) is 6.60. The van der Waals surface area contributed by atoms with Crippen molar-refractivity contribution in [2.75, 3.05) is 6.61 Å². The van der Waals surface area contributed by atoms with Crippen molar-refractivity contribution >= 4 is 11.6 Å². The van der Waals surface area contributed by atoms with Crippen molar-refractivity contribution < 1.29 is 9.47 Å². The molecule has 0 radical (unpaired) electrons. The van der Waals surface area contributed by atoms with Crippen LogP contribution in [0.2, 0.25) is 5.02 Å². The lowest BCUT2D eigenvalue weighted by Crippen LogP contribution is -2.00. The zero-order chi connectivity index (χ0) is 13.7. The van der Waals surface area contributed by atoms with Gasteiger partial charge in [0, 0.05) is 18.8 Å². The van der Waals surface area contributed by atoms with Crippen LogP contribution in [0.1, 0.15) is 12.5 Å². The van der Waals surface area contributed by atoms with Crippen LogP contribution in [0, 0.1) is 0 Å². The van der Waals surface area contributed by atoms with Crippen LogP contribution in [0.15, 0.2) is 36.5 Å². The van der Waals surface area contributed by atoms with Crippen molar-refractivity contribution in [3.63, 3.8) is 0 Å². The van der Waals surface area contributed by atoms with Crippen molar-refractivity contribution in [2.24, 2.45) is 5.73 Å². The maximum Gasteiger partial charge on any atom is 0.219 e. The van der Waals surface area contributed by atoms with Gasteiger partial charge < -0.3 is 15.2 Å². The molecule has 0 aliphatic carbocycles. The summed E-state index contributed by atoms with van der Waals surface area (Å²) in [5.74, 6) is 1.72. The summed E-state index contributed by atoms with van der Waals surface area (Å²) in [5, 5.41) is 0.566. The molecular weight excluding hydrogens is 264 g/mol. The summed E-state index contributed by atoms with van der Waals surface area (Å²) >= 11 is 5.78. The second kappa shape index (κ2) is 6.41. The van der Waals surface area contributed by atoms with E-state index >= 15 is 0 Å². The van der Waals surface area contributed by atoms with Crippen LogP contribution in [0.5, 0.6) is 17.4 Å². The standard InChI is InChI=1S/C14H15ClN2O2/c1-2-18-13-7-10(8-16)3-5-12(13)19-14-6-4-11(15)9-17-14/h3-7,9H,2,8,16H2,1H3. The van der Waals surface area contributed by atoms with E-state index in [1.165, 1.54) is 6.20 Å². The van der Waals surface area contributed by atoms with Gasteiger partial charge in [0.1, 0.15) is 0 Å². The number of nitrogens with zero attached hydrogens (tertiary/aromatic N) is 1. The summed E-state index contributed by atoms with van der Waals surface area (Å²) < 4.78 is 11.2. The van der Waals surface area contributed by atoms with Crippen molar-refractivity contribution in [2.45, 2.75) is 13.5 Å². The first kappa shape index (κ1) is 13.6. The molecule has 0 saturated heterocycles. The number of rotatable bonds is 5. The van der Waals surface area contributed by atoms with Crippen LogP contribution in [-0.2, 0) is 6.54 Å². The zero-order valence-electron chi connectivity index (χ0n) is 10.6. The largest absolute Gasteiger partial charge is 0.490 e. The predicted octanol–water partition coefficient (Wildman–Crippen LogP) is 3.38. The van der Waals surface area contributed by atoms with E-state index in [0.29, 0.717) is 35.6 Å². The Kier molecular flexibility index (Phi) is 4.60. The Morgan fingerprint density at radius 2 is 2.05 bits per heavy atom. The summed E-state index contributed by atoms with van der Waals surface area (Å²) in [4.78, 5) is 4.08. The van der Waals surface area contributed by atoms with E-state index in [-0.39, 0.29) is 0 Å². The number of hydrogen-bond donors (Lipinski definition) is 1.